The molecule has 2 heterocycles. The predicted octanol–water partition coefficient (Wildman–Crippen LogP) is 2.84. The van der Waals surface area contributed by atoms with E-state index < -0.39 is 21.8 Å². The van der Waals surface area contributed by atoms with Gasteiger partial charge in [0.05, 0.1) is 0 Å². The first-order chi connectivity index (χ1) is 14.3. The minimum absolute atomic E-state index is 0.144. The van der Waals surface area contributed by atoms with Crippen molar-refractivity contribution < 1.29 is 22.7 Å². The molecule has 2 aromatic rings. The van der Waals surface area contributed by atoms with Crippen LogP contribution in [0.15, 0.2) is 48.0 Å². The van der Waals surface area contributed by atoms with Gasteiger partial charge in [0.15, 0.2) is 9.84 Å². The molecule has 1 aliphatic heterocycles. The van der Waals surface area contributed by atoms with Gasteiger partial charge in [0, 0.05) is 43.0 Å². The van der Waals surface area contributed by atoms with E-state index in [1.807, 2.05) is 18.2 Å². The molecule has 0 spiro atoms. The zero-order valence-electron chi connectivity index (χ0n) is 16.9. The number of sulfone groups is 1. The standard InChI is InChI=1S/C21H25N3O5S/c1-15(10-13-30(2,26)27)23-20(25)18-14-22-19(16-8-11-28-12-9-16)24-21(18)29-17-6-4-3-5-7-17/h3-7,10,13-16H,8-9,11-12H2,1-2H3,(H,23,25)/b13-10+/t15-/m0/s1. The monoisotopic (exact) mass is 431 g/mol. The van der Waals surface area contributed by atoms with Crippen molar-refractivity contribution in [1.82, 2.24) is 15.3 Å². The van der Waals surface area contributed by atoms with Crippen molar-refractivity contribution in [2.24, 2.45) is 0 Å². The Bertz CT molecular complexity index is 1000. The van der Waals surface area contributed by atoms with Gasteiger partial charge >= 0.3 is 0 Å². The fraction of sp³-hybridized carbons (Fsp3) is 0.381. The summed E-state index contributed by atoms with van der Waals surface area (Å²) in [5, 5.41) is 3.78. The van der Waals surface area contributed by atoms with Gasteiger partial charge in [0.2, 0.25) is 5.88 Å². The van der Waals surface area contributed by atoms with E-state index in [0.717, 1.165) is 24.5 Å². The van der Waals surface area contributed by atoms with Crippen LogP contribution in [0.4, 0.5) is 0 Å². The van der Waals surface area contributed by atoms with Crippen LogP contribution in [0.5, 0.6) is 11.6 Å². The van der Waals surface area contributed by atoms with E-state index in [0.29, 0.717) is 24.8 Å². The highest BCUT2D eigenvalue weighted by Gasteiger charge is 2.23. The third-order valence-electron chi connectivity index (χ3n) is 4.53. The molecule has 8 nitrogen and oxygen atoms in total. The Kier molecular flexibility index (Phi) is 7.17. The Balaban J connectivity index is 1.85. The highest BCUT2D eigenvalue weighted by Crippen LogP contribution is 2.28. The van der Waals surface area contributed by atoms with E-state index in [1.165, 1.54) is 12.3 Å². The summed E-state index contributed by atoms with van der Waals surface area (Å²) < 4.78 is 33.9. The van der Waals surface area contributed by atoms with Gasteiger partial charge in [-0.15, -0.1) is 0 Å². The summed E-state index contributed by atoms with van der Waals surface area (Å²) >= 11 is 0. The number of nitrogens with one attached hydrogen (secondary N) is 1. The smallest absolute Gasteiger partial charge is 0.258 e. The van der Waals surface area contributed by atoms with Gasteiger partial charge in [0.1, 0.15) is 17.1 Å². The largest absolute Gasteiger partial charge is 0.438 e. The van der Waals surface area contributed by atoms with Crippen molar-refractivity contribution in [3.8, 4) is 11.6 Å². The van der Waals surface area contributed by atoms with Crippen LogP contribution in [0.3, 0.4) is 0 Å². The molecule has 9 heteroatoms. The van der Waals surface area contributed by atoms with Crippen LogP contribution in [-0.2, 0) is 14.6 Å². The third kappa shape index (κ3) is 6.36. The Morgan fingerprint density at radius 2 is 1.97 bits per heavy atom. The lowest BCUT2D eigenvalue weighted by molar-refractivity contribution is 0.0833. The minimum Gasteiger partial charge on any atom is -0.438 e. The van der Waals surface area contributed by atoms with Crippen LogP contribution >= 0.6 is 0 Å². The maximum atomic E-state index is 12.8. The van der Waals surface area contributed by atoms with Crippen LogP contribution in [0.2, 0.25) is 0 Å². The summed E-state index contributed by atoms with van der Waals surface area (Å²) in [7, 11) is -3.28. The van der Waals surface area contributed by atoms with Gasteiger partial charge in [-0.05, 0) is 31.9 Å². The van der Waals surface area contributed by atoms with Crippen LogP contribution in [0.25, 0.3) is 0 Å². The minimum atomic E-state index is -3.28. The molecule has 1 amide bonds. The average molecular weight is 432 g/mol. The van der Waals surface area contributed by atoms with Crippen LogP contribution < -0.4 is 10.1 Å². The molecule has 3 rings (SSSR count). The fourth-order valence-electron chi connectivity index (χ4n) is 2.96. The SMILES string of the molecule is C[C@@H](/C=C/S(C)(=O)=O)NC(=O)c1cnc(C2CCOCC2)nc1Oc1ccccc1. The molecule has 160 valence electrons. The van der Waals surface area contributed by atoms with Gasteiger partial charge in [-0.2, -0.15) is 4.98 Å². The molecule has 1 aromatic heterocycles. The van der Waals surface area contributed by atoms with E-state index in [1.54, 1.807) is 19.1 Å². The second-order valence-electron chi connectivity index (χ2n) is 7.17. The molecule has 1 aliphatic rings. The van der Waals surface area contributed by atoms with Crippen molar-refractivity contribution in [1.29, 1.82) is 0 Å². The Hall–Kier alpha value is -2.78. The first-order valence-electron chi connectivity index (χ1n) is 9.68. The lowest BCUT2D eigenvalue weighted by Crippen LogP contribution is -2.32. The number of hydrogen-bond acceptors (Lipinski definition) is 7. The van der Waals surface area contributed by atoms with E-state index >= 15 is 0 Å². The lowest BCUT2D eigenvalue weighted by atomic mass is 9.99. The third-order valence-corrected chi connectivity index (χ3v) is 5.19. The van der Waals surface area contributed by atoms with Gasteiger partial charge in [-0.1, -0.05) is 24.3 Å². The van der Waals surface area contributed by atoms with Gasteiger partial charge in [-0.3, -0.25) is 4.79 Å². The Labute approximate surface area is 176 Å². The summed E-state index contributed by atoms with van der Waals surface area (Å²) in [6.07, 6.45) is 5.57. The molecule has 0 saturated carbocycles. The van der Waals surface area contributed by atoms with E-state index in [9.17, 15) is 13.2 Å². The van der Waals surface area contributed by atoms with Crippen LogP contribution in [0, 0.1) is 0 Å². The molecule has 30 heavy (non-hydrogen) atoms. The zero-order valence-corrected chi connectivity index (χ0v) is 17.8. The van der Waals surface area contributed by atoms with Gasteiger partial charge in [-0.25, -0.2) is 13.4 Å². The second kappa shape index (κ2) is 9.82. The number of para-hydroxylation sites is 1. The van der Waals surface area contributed by atoms with Gasteiger partial charge in [0.25, 0.3) is 5.91 Å². The number of ether oxygens (including phenoxy) is 2. The summed E-state index contributed by atoms with van der Waals surface area (Å²) in [4.78, 5) is 21.7. The average Bonchev–Trinajstić information content (AvgIpc) is 2.73. The maximum Gasteiger partial charge on any atom is 0.258 e. The van der Waals surface area contributed by atoms with Crippen LogP contribution in [0.1, 0.15) is 41.9 Å². The predicted molar refractivity (Wildman–Crippen MR) is 112 cm³/mol. The summed E-state index contributed by atoms with van der Waals surface area (Å²) in [5.74, 6) is 1.02. The van der Waals surface area contributed by atoms with Crippen molar-refractivity contribution in [3.05, 3.63) is 59.4 Å². The molecule has 1 aromatic carbocycles. The Morgan fingerprint density at radius 1 is 1.27 bits per heavy atom. The summed E-state index contributed by atoms with van der Waals surface area (Å²) in [5.41, 5.74) is 0.175. The van der Waals surface area contributed by atoms with E-state index in [2.05, 4.69) is 15.3 Å². The first kappa shape index (κ1) is 21.9. The number of aromatic nitrogens is 2. The normalized spacial score (nSPS) is 16.3. The molecule has 1 saturated heterocycles. The number of nitrogens with zero attached hydrogens (tertiary/aromatic N) is 2. The lowest BCUT2D eigenvalue weighted by Gasteiger charge is -2.21. The van der Waals surface area contributed by atoms with E-state index in [4.69, 9.17) is 9.47 Å². The molecule has 0 unspecified atom stereocenters. The number of amides is 1. The molecule has 1 atom stereocenters. The van der Waals surface area contributed by atoms with Crippen molar-refractivity contribution in [2.75, 3.05) is 19.5 Å². The maximum absolute atomic E-state index is 12.8. The topological polar surface area (TPSA) is 107 Å². The highest BCUT2D eigenvalue weighted by molar-refractivity contribution is 7.93. The molecule has 0 bridgehead atoms. The van der Waals surface area contributed by atoms with Crippen molar-refractivity contribution in [3.63, 3.8) is 0 Å². The summed E-state index contributed by atoms with van der Waals surface area (Å²) in [6, 6.07) is 8.56. The summed E-state index contributed by atoms with van der Waals surface area (Å²) in [6.45, 7) is 2.97. The highest BCUT2D eigenvalue weighted by atomic mass is 32.2. The molecule has 1 fully saturated rings. The van der Waals surface area contributed by atoms with E-state index in [-0.39, 0.29) is 17.4 Å². The Morgan fingerprint density at radius 3 is 2.63 bits per heavy atom. The number of hydrogen-bond donors (Lipinski definition) is 1. The van der Waals surface area contributed by atoms with Crippen molar-refractivity contribution >= 4 is 15.7 Å². The first-order valence-corrected chi connectivity index (χ1v) is 11.6. The molecule has 0 aliphatic carbocycles. The number of carbonyl (C=O) groups is 1. The number of carbonyl (C=O) groups excluding carboxylic acids is 1. The quantitative estimate of drug-likeness (QED) is 0.718. The van der Waals surface area contributed by atoms with Gasteiger partial charge < -0.3 is 14.8 Å². The fourth-order valence-corrected chi connectivity index (χ4v) is 3.48. The number of rotatable bonds is 7. The molecular formula is C21H25N3O5S. The zero-order chi connectivity index (χ0) is 21.6. The number of benzene rings is 1. The molecular weight excluding hydrogens is 406 g/mol. The second-order valence-corrected chi connectivity index (χ2v) is 9.10. The molecule has 1 N–H and O–H groups in total. The van der Waals surface area contributed by atoms with Crippen molar-refractivity contribution in [2.45, 2.75) is 31.7 Å². The van der Waals surface area contributed by atoms with Crippen LogP contribution in [-0.4, -0.2) is 49.8 Å². The molecule has 0 radical (unpaired) electrons.